The molecule has 0 unspecified atom stereocenters. The van der Waals surface area contributed by atoms with Gasteiger partial charge in [-0.2, -0.15) is 0 Å². The van der Waals surface area contributed by atoms with Crippen LogP contribution in [0.2, 0.25) is 0 Å². The van der Waals surface area contributed by atoms with E-state index in [2.05, 4.69) is 0 Å². The Labute approximate surface area is 171 Å². The van der Waals surface area contributed by atoms with Crippen LogP contribution in [0.4, 0.5) is 13.2 Å². The minimum absolute atomic E-state index is 0.118. The molecule has 1 amide bonds. The van der Waals surface area contributed by atoms with Gasteiger partial charge >= 0.3 is 0 Å². The summed E-state index contributed by atoms with van der Waals surface area (Å²) in [5.74, 6) is -4.94. The molecule has 1 aliphatic rings. The van der Waals surface area contributed by atoms with E-state index in [1.807, 2.05) is 0 Å². The van der Waals surface area contributed by atoms with Crippen molar-refractivity contribution in [2.75, 3.05) is 19.7 Å². The van der Waals surface area contributed by atoms with Crippen molar-refractivity contribution < 1.29 is 32.3 Å². The second kappa shape index (κ2) is 9.11. The lowest BCUT2D eigenvalue weighted by atomic mass is 9.88. The maximum absolute atomic E-state index is 13.9. The molecular weight excluding hydrogens is 399 g/mol. The maximum Gasteiger partial charge on any atom is 0.260 e. The maximum atomic E-state index is 13.9. The Bertz CT molecular complexity index is 961. The van der Waals surface area contributed by atoms with E-state index in [0.717, 1.165) is 0 Å². The first kappa shape index (κ1) is 21.5. The summed E-state index contributed by atoms with van der Waals surface area (Å²) in [5.41, 5.74) is -0.269. The minimum Gasteiger partial charge on any atom is -0.484 e. The molecule has 1 saturated heterocycles. The predicted octanol–water partition coefficient (Wildman–Crippen LogP) is 3.81. The molecule has 158 valence electrons. The monoisotopic (exact) mass is 419 g/mol. The van der Waals surface area contributed by atoms with Gasteiger partial charge in [-0.3, -0.25) is 14.4 Å². The van der Waals surface area contributed by atoms with Crippen molar-refractivity contribution in [3.63, 3.8) is 0 Å². The first-order valence-electron chi connectivity index (χ1n) is 9.46. The quantitative estimate of drug-likeness (QED) is 0.668. The van der Waals surface area contributed by atoms with E-state index in [1.165, 1.54) is 11.8 Å². The molecule has 1 heterocycles. The molecule has 0 aliphatic carbocycles. The molecule has 1 aliphatic heterocycles. The number of ether oxygens (including phenoxy) is 1. The van der Waals surface area contributed by atoms with Gasteiger partial charge in [0, 0.05) is 36.7 Å². The second-order valence-corrected chi connectivity index (χ2v) is 7.14. The highest BCUT2D eigenvalue weighted by Gasteiger charge is 2.31. The highest BCUT2D eigenvalue weighted by molar-refractivity contribution is 5.98. The van der Waals surface area contributed by atoms with E-state index in [4.69, 9.17) is 4.74 Å². The third kappa shape index (κ3) is 4.87. The van der Waals surface area contributed by atoms with E-state index in [9.17, 15) is 27.6 Å². The Morgan fingerprint density at radius 2 is 1.67 bits per heavy atom. The van der Waals surface area contributed by atoms with Crippen molar-refractivity contribution in [1.82, 2.24) is 4.90 Å². The first-order chi connectivity index (χ1) is 14.3. The third-order valence-electron chi connectivity index (χ3n) is 5.07. The van der Waals surface area contributed by atoms with Gasteiger partial charge in [-0.15, -0.1) is 0 Å². The zero-order chi connectivity index (χ0) is 21.8. The highest BCUT2D eigenvalue weighted by Crippen LogP contribution is 2.25. The van der Waals surface area contributed by atoms with Gasteiger partial charge in [0.15, 0.2) is 18.2 Å². The van der Waals surface area contributed by atoms with Crippen LogP contribution in [-0.4, -0.2) is 42.1 Å². The van der Waals surface area contributed by atoms with Crippen LogP contribution in [0.15, 0.2) is 36.4 Å². The van der Waals surface area contributed by atoms with Crippen LogP contribution in [0, 0.1) is 23.4 Å². The van der Waals surface area contributed by atoms with Crippen molar-refractivity contribution in [3.05, 3.63) is 65.0 Å². The molecule has 0 spiro atoms. The summed E-state index contributed by atoms with van der Waals surface area (Å²) >= 11 is 0. The lowest BCUT2D eigenvalue weighted by molar-refractivity contribution is -0.134. The van der Waals surface area contributed by atoms with Crippen LogP contribution in [0.5, 0.6) is 5.75 Å². The number of carbonyl (C=O) groups excluding carboxylic acids is 3. The van der Waals surface area contributed by atoms with Gasteiger partial charge in [0.05, 0.1) is 5.56 Å². The number of rotatable bonds is 6. The Kier molecular flexibility index (Phi) is 6.54. The highest BCUT2D eigenvalue weighted by atomic mass is 19.1. The Balaban J connectivity index is 1.55. The number of benzene rings is 2. The summed E-state index contributed by atoms with van der Waals surface area (Å²) in [7, 11) is 0. The van der Waals surface area contributed by atoms with E-state index >= 15 is 0 Å². The lowest BCUT2D eigenvalue weighted by Gasteiger charge is -2.31. The van der Waals surface area contributed by atoms with Crippen LogP contribution >= 0.6 is 0 Å². The lowest BCUT2D eigenvalue weighted by Crippen LogP contribution is -2.42. The van der Waals surface area contributed by atoms with E-state index in [0.29, 0.717) is 23.4 Å². The second-order valence-electron chi connectivity index (χ2n) is 7.14. The molecule has 0 N–H and O–H groups in total. The predicted molar refractivity (Wildman–Crippen MR) is 102 cm³/mol. The van der Waals surface area contributed by atoms with Gasteiger partial charge in [0.25, 0.3) is 5.91 Å². The fourth-order valence-corrected chi connectivity index (χ4v) is 3.41. The molecule has 0 radical (unpaired) electrons. The van der Waals surface area contributed by atoms with Gasteiger partial charge < -0.3 is 9.64 Å². The normalized spacial score (nSPS) is 14.5. The van der Waals surface area contributed by atoms with Crippen molar-refractivity contribution in [3.8, 4) is 5.75 Å². The molecular formula is C22H20F3NO4. The van der Waals surface area contributed by atoms with Crippen LogP contribution in [0.25, 0.3) is 0 Å². The van der Waals surface area contributed by atoms with E-state index < -0.39 is 34.7 Å². The summed E-state index contributed by atoms with van der Waals surface area (Å²) in [4.78, 5) is 37.8. The number of halogens is 3. The molecule has 0 atom stereocenters. The summed E-state index contributed by atoms with van der Waals surface area (Å²) in [6.07, 6.45) is 0.474. The van der Waals surface area contributed by atoms with Crippen LogP contribution in [-0.2, 0) is 4.79 Å². The van der Waals surface area contributed by atoms with Crippen LogP contribution in [0.3, 0.4) is 0 Å². The van der Waals surface area contributed by atoms with Gasteiger partial charge in [-0.25, -0.2) is 13.2 Å². The van der Waals surface area contributed by atoms with Crippen LogP contribution < -0.4 is 4.74 Å². The summed E-state index contributed by atoms with van der Waals surface area (Å²) < 4.78 is 46.2. The standard InChI is InChI=1S/C22H20F3NO4/c1-13(27)15-3-2-4-17(9-15)30-12-20(28)26-7-5-14(6-8-26)22(29)21-18(24)10-16(23)11-19(21)25/h2-4,9-11,14H,5-8,12H2,1H3. The summed E-state index contributed by atoms with van der Waals surface area (Å²) in [6.45, 7) is 1.66. The number of nitrogens with zero attached hydrogens (tertiary/aromatic N) is 1. The molecule has 3 rings (SSSR count). The number of carbonyl (C=O) groups is 3. The molecule has 5 nitrogen and oxygen atoms in total. The van der Waals surface area contributed by atoms with E-state index in [-0.39, 0.29) is 44.2 Å². The fraction of sp³-hybridized carbons (Fsp3) is 0.318. The van der Waals surface area contributed by atoms with Crippen molar-refractivity contribution in [2.24, 2.45) is 5.92 Å². The van der Waals surface area contributed by atoms with Gasteiger partial charge in [0.2, 0.25) is 0 Å². The number of Topliss-reactive ketones (excluding diaryl/α,β-unsaturated/α-hetero) is 2. The zero-order valence-electron chi connectivity index (χ0n) is 16.3. The van der Waals surface area contributed by atoms with Crippen LogP contribution in [0.1, 0.15) is 40.5 Å². The SMILES string of the molecule is CC(=O)c1cccc(OCC(=O)N2CCC(C(=O)c3c(F)cc(F)cc3F)CC2)c1. The molecule has 2 aromatic carbocycles. The number of hydrogen-bond donors (Lipinski definition) is 0. The van der Waals surface area contributed by atoms with Crippen molar-refractivity contribution in [1.29, 1.82) is 0 Å². The Morgan fingerprint density at radius 3 is 2.27 bits per heavy atom. The smallest absolute Gasteiger partial charge is 0.260 e. The zero-order valence-corrected chi connectivity index (χ0v) is 16.3. The largest absolute Gasteiger partial charge is 0.484 e. The van der Waals surface area contributed by atoms with E-state index in [1.54, 1.807) is 24.3 Å². The third-order valence-corrected chi connectivity index (χ3v) is 5.07. The molecule has 1 fully saturated rings. The average molecular weight is 419 g/mol. The first-order valence-corrected chi connectivity index (χ1v) is 9.46. The molecule has 0 aromatic heterocycles. The molecule has 0 saturated carbocycles. The number of ketones is 2. The summed E-state index contributed by atoms with van der Waals surface area (Å²) in [6, 6.07) is 7.44. The number of piperidine rings is 1. The van der Waals surface area contributed by atoms with Crippen molar-refractivity contribution in [2.45, 2.75) is 19.8 Å². The van der Waals surface area contributed by atoms with Gasteiger partial charge in [-0.1, -0.05) is 12.1 Å². The Morgan fingerprint density at radius 1 is 1.03 bits per heavy atom. The molecule has 2 aromatic rings. The molecule has 8 heteroatoms. The number of amides is 1. The minimum atomic E-state index is -1.22. The number of likely N-dealkylation sites (tertiary alicyclic amines) is 1. The topological polar surface area (TPSA) is 63.7 Å². The summed E-state index contributed by atoms with van der Waals surface area (Å²) in [5, 5.41) is 0. The molecule has 30 heavy (non-hydrogen) atoms. The molecule has 0 bridgehead atoms. The van der Waals surface area contributed by atoms with Gasteiger partial charge in [0.1, 0.15) is 23.2 Å². The average Bonchev–Trinajstić information content (AvgIpc) is 2.71. The Hall–Kier alpha value is -3.16. The number of hydrogen-bond acceptors (Lipinski definition) is 4. The van der Waals surface area contributed by atoms with Crippen molar-refractivity contribution >= 4 is 17.5 Å². The fourth-order valence-electron chi connectivity index (χ4n) is 3.41. The van der Waals surface area contributed by atoms with Gasteiger partial charge in [-0.05, 0) is 31.9 Å².